The van der Waals surface area contributed by atoms with E-state index >= 15 is 0 Å². The van der Waals surface area contributed by atoms with Gasteiger partial charge in [-0.25, -0.2) is 0 Å². The van der Waals surface area contributed by atoms with Crippen molar-refractivity contribution in [2.75, 3.05) is 19.7 Å². The fraction of sp³-hybridized carbons (Fsp3) is 0.412. The van der Waals surface area contributed by atoms with Gasteiger partial charge in [-0.1, -0.05) is 12.7 Å². The summed E-state index contributed by atoms with van der Waals surface area (Å²) >= 11 is 0. The van der Waals surface area contributed by atoms with E-state index in [2.05, 4.69) is 11.9 Å². The summed E-state index contributed by atoms with van der Waals surface area (Å²) in [6.07, 6.45) is 1.66. The molecule has 1 aromatic carbocycles. The highest BCUT2D eigenvalue weighted by atomic mass is 16.5. The van der Waals surface area contributed by atoms with Gasteiger partial charge in [-0.15, -0.1) is 0 Å². The molecule has 0 aliphatic heterocycles. The molecule has 0 atom stereocenters. The van der Waals surface area contributed by atoms with E-state index in [1.807, 2.05) is 20.8 Å². The topological polar surface area (TPSA) is 58.6 Å². The van der Waals surface area contributed by atoms with Crippen molar-refractivity contribution in [3.8, 4) is 5.75 Å². The first-order valence-electron chi connectivity index (χ1n) is 7.40. The Morgan fingerprint density at radius 3 is 2.45 bits per heavy atom. The SMILES string of the molecule is C=CCOc1ccc(C(=O)N(CC)CC(=O)NC(C)C)cc1. The summed E-state index contributed by atoms with van der Waals surface area (Å²) in [7, 11) is 0. The predicted molar refractivity (Wildman–Crippen MR) is 87.0 cm³/mol. The Labute approximate surface area is 132 Å². The second-order valence-electron chi connectivity index (χ2n) is 5.17. The van der Waals surface area contributed by atoms with Crippen LogP contribution in [0.5, 0.6) is 5.75 Å². The van der Waals surface area contributed by atoms with Gasteiger partial charge in [-0.3, -0.25) is 9.59 Å². The minimum absolute atomic E-state index is 0.0578. The Bertz CT molecular complexity index is 509. The van der Waals surface area contributed by atoms with Gasteiger partial charge in [0.1, 0.15) is 12.4 Å². The van der Waals surface area contributed by atoms with Gasteiger partial charge < -0.3 is 15.0 Å². The molecule has 0 bridgehead atoms. The lowest BCUT2D eigenvalue weighted by Gasteiger charge is -2.21. The Hall–Kier alpha value is -2.30. The summed E-state index contributed by atoms with van der Waals surface area (Å²) < 4.78 is 5.38. The molecule has 5 heteroatoms. The first kappa shape index (κ1) is 17.8. The van der Waals surface area contributed by atoms with E-state index in [-0.39, 0.29) is 24.4 Å². The highest BCUT2D eigenvalue weighted by Gasteiger charge is 2.17. The Kier molecular flexibility index (Phi) is 7.16. The van der Waals surface area contributed by atoms with Gasteiger partial charge in [0.25, 0.3) is 5.91 Å². The highest BCUT2D eigenvalue weighted by molar-refractivity contribution is 5.96. The maximum atomic E-state index is 12.4. The maximum Gasteiger partial charge on any atom is 0.254 e. The number of hydrogen-bond acceptors (Lipinski definition) is 3. The van der Waals surface area contributed by atoms with E-state index in [9.17, 15) is 9.59 Å². The zero-order valence-electron chi connectivity index (χ0n) is 13.5. The molecule has 5 nitrogen and oxygen atoms in total. The molecule has 0 unspecified atom stereocenters. The van der Waals surface area contributed by atoms with Crippen LogP contribution < -0.4 is 10.1 Å². The largest absolute Gasteiger partial charge is 0.490 e. The smallest absolute Gasteiger partial charge is 0.254 e. The maximum absolute atomic E-state index is 12.4. The van der Waals surface area contributed by atoms with Crippen LogP contribution in [-0.2, 0) is 4.79 Å². The van der Waals surface area contributed by atoms with E-state index in [0.717, 1.165) is 0 Å². The number of likely N-dealkylation sites (N-methyl/N-ethyl adjacent to an activating group) is 1. The third-order valence-corrected chi connectivity index (χ3v) is 2.92. The number of carbonyl (C=O) groups is 2. The van der Waals surface area contributed by atoms with Gasteiger partial charge in [-0.2, -0.15) is 0 Å². The standard InChI is InChI=1S/C17H24N2O3/c1-5-11-22-15-9-7-14(8-10-15)17(21)19(6-2)12-16(20)18-13(3)4/h5,7-10,13H,1,6,11-12H2,2-4H3,(H,18,20). The van der Waals surface area contributed by atoms with Gasteiger partial charge in [0, 0.05) is 18.2 Å². The molecule has 0 saturated carbocycles. The minimum Gasteiger partial charge on any atom is -0.490 e. The Balaban J connectivity index is 2.70. The van der Waals surface area contributed by atoms with E-state index in [1.165, 1.54) is 4.90 Å². The lowest BCUT2D eigenvalue weighted by atomic mass is 10.2. The first-order valence-corrected chi connectivity index (χ1v) is 7.40. The molecule has 1 N–H and O–H groups in total. The van der Waals surface area contributed by atoms with Crippen molar-refractivity contribution in [3.63, 3.8) is 0 Å². The number of amides is 2. The molecule has 0 spiro atoms. The highest BCUT2D eigenvalue weighted by Crippen LogP contribution is 2.13. The van der Waals surface area contributed by atoms with Gasteiger partial charge in [0.05, 0.1) is 6.54 Å². The Morgan fingerprint density at radius 1 is 1.32 bits per heavy atom. The minimum atomic E-state index is -0.170. The molecule has 0 radical (unpaired) electrons. The van der Waals surface area contributed by atoms with Crippen molar-refractivity contribution < 1.29 is 14.3 Å². The van der Waals surface area contributed by atoms with Crippen molar-refractivity contribution in [3.05, 3.63) is 42.5 Å². The molecular weight excluding hydrogens is 280 g/mol. The quantitative estimate of drug-likeness (QED) is 0.749. The molecule has 22 heavy (non-hydrogen) atoms. The summed E-state index contributed by atoms with van der Waals surface area (Å²) in [5.74, 6) is 0.352. The van der Waals surface area contributed by atoms with Crippen molar-refractivity contribution in [1.82, 2.24) is 10.2 Å². The molecule has 0 aromatic heterocycles. The number of carbonyl (C=O) groups excluding carboxylic acids is 2. The van der Waals surface area contributed by atoms with Crippen LogP contribution in [0.25, 0.3) is 0 Å². The van der Waals surface area contributed by atoms with Crippen LogP contribution >= 0.6 is 0 Å². The number of ether oxygens (including phenoxy) is 1. The molecule has 120 valence electrons. The number of benzene rings is 1. The molecule has 0 saturated heterocycles. The molecule has 2 amide bonds. The summed E-state index contributed by atoms with van der Waals surface area (Å²) in [5.41, 5.74) is 0.533. The Morgan fingerprint density at radius 2 is 1.95 bits per heavy atom. The number of nitrogens with one attached hydrogen (secondary N) is 1. The fourth-order valence-electron chi connectivity index (χ4n) is 1.90. The second-order valence-corrected chi connectivity index (χ2v) is 5.17. The predicted octanol–water partition coefficient (Wildman–Crippen LogP) is 2.24. The first-order chi connectivity index (χ1) is 10.5. The van der Waals surface area contributed by atoms with Crippen molar-refractivity contribution in [2.24, 2.45) is 0 Å². The lowest BCUT2D eigenvalue weighted by molar-refractivity contribution is -0.122. The normalized spacial score (nSPS) is 10.2. The number of hydrogen-bond donors (Lipinski definition) is 1. The van der Waals surface area contributed by atoms with Crippen LogP contribution in [-0.4, -0.2) is 42.5 Å². The van der Waals surface area contributed by atoms with Crippen molar-refractivity contribution in [2.45, 2.75) is 26.8 Å². The average molecular weight is 304 g/mol. The van der Waals surface area contributed by atoms with Crippen LogP contribution in [0, 0.1) is 0 Å². The fourth-order valence-corrected chi connectivity index (χ4v) is 1.90. The molecule has 0 aliphatic rings. The third kappa shape index (κ3) is 5.60. The average Bonchev–Trinajstić information content (AvgIpc) is 2.49. The van der Waals surface area contributed by atoms with E-state index in [4.69, 9.17) is 4.74 Å². The molecule has 1 rings (SSSR count). The molecule has 0 heterocycles. The van der Waals surface area contributed by atoms with Crippen LogP contribution in [0.15, 0.2) is 36.9 Å². The van der Waals surface area contributed by atoms with E-state index < -0.39 is 0 Å². The summed E-state index contributed by atoms with van der Waals surface area (Å²) in [5, 5.41) is 2.78. The molecule has 1 aromatic rings. The van der Waals surface area contributed by atoms with Gasteiger partial charge >= 0.3 is 0 Å². The molecule has 0 fully saturated rings. The van der Waals surface area contributed by atoms with E-state index in [0.29, 0.717) is 24.5 Å². The lowest BCUT2D eigenvalue weighted by Crippen LogP contribution is -2.42. The van der Waals surface area contributed by atoms with Crippen LogP contribution in [0.3, 0.4) is 0 Å². The number of rotatable bonds is 8. The monoisotopic (exact) mass is 304 g/mol. The third-order valence-electron chi connectivity index (χ3n) is 2.92. The van der Waals surface area contributed by atoms with Crippen molar-refractivity contribution >= 4 is 11.8 Å². The van der Waals surface area contributed by atoms with E-state index in [1.54, 1.807) is 30.3 Å². The van der Waals surface area contributed by atoms with Gasteiger partial charge in [0.15, 0.2) is 0 Å². The summed E-state index contributed by atoms with van der Waals surface area (Å²) in [6.45, 7) is 10.2. The molecule has 0 aliphatic carbocycles. The molecular formula is C17H24N2O3. The summed E-state index contributed by atoms with van der Waals surface area (Å²) in [4.78, 5) is 25.7. The zero-order chi connectivity index (χ0) is 16.5. The van der Waals surface area contributed by atoms with Crippen LogP contribution in [0.2, 0.25) is 0 Å². The number of nitrogens with zero attached hydrogens (tertiary/aromatic N) is 1. The van der Waals surface area contributed by atoms with Crippen LogP contribution in [0.4, 0.5) is 0 Å². The second kappa shape index (κ2) is 8.87. The van der Waals surface area contributed by atoms with Crippen molar-refractivity contribution in [1.29, 1.82) is 0 Å². The summed E-state index contributed by atoms with van der Waals surface area (Å²) in [6, 6.07) is 6.92. The van der Waals surface area contributed by atoms with Crippen LogP contribution in [0.1, 0.15) is 31.1 Å². The zero-order valence-corrected chi connectivity index (χ0v) is 13.5. The van der Waals surface area contributed by atoms with Gasteiger partial charge in [0.2, 0.25) is 5.91 Å². The van der Waals surface area contributed by atoms with Gasteiger partial charge in [-0.05, 0) is 45.0 Å².